The van der Waals surface area contributed by atoms with Crippen LogP contribution in [0.1, 0.15) is 29.6 Å². The largest absolute Gasteiger partial charge is 0.472 e. The maximum Gasteiger partial charge on any atom is 0.254 e. The lowest BCUT2D eigenvalue weighted by atomic mass is 10.0. The van der Waals surface area contributed by atoms with Crippen molar-refractivity contribution in [3.63, 3.8) is 0 Å². The van der Waals surface area contributed by atoms with E-state index in [9.17, 15) is 14.4 Å². The SMILES string of the molecule is O=C1CC(N(C(=O)c2cccc(-c3ccoc3)c2)C2CC2)C(=O)N1. The van der Waals surface area contributed by atoms with Gasteiger partial charge in [0.15, 0.2) is 0 Å². The van der Waals surface area contributed by atoms with Crippen molar-refractivity contribution >= 4 is 17.7 Å². The van der Waals surface area contributed by atoms with Gasteiger partial charge in [0.2, 0.25) is 11.8 Å². The Morgan fingerprint density at radius 1 is 1.17 bits per heavy atom. The Labute approximate surface area is 138 Å². The molecule has 0 bridgehead atoms. The Kier molecular flexibility index (Phi) is 3.45. The third kappa shape index (κ3) is 2.60. The molecule has 1 saturated heterocycles. The summed E-state index contributed by atoms with van der Waals surface area (Å²) in [7, 11) is 0. The van der Waals surface area contributed by atoms with Crippen LogP contribution in [0.2, 0.25) is 0 Å². The van der Waals surface area contributed by atoms with Gasteiger partial charge in [-0.2, -0.15) is 0 Å². The lowest BCUT2D eigenvalue weighted by Gasteiger charge is -2.27. The normalized spacial score (nSPS) is 20.1. The van der Waals surface area contributed by atoms with Crippen LogP contribution in [0.3, 0.4) is 0 Å². The average molecular weight is 324 g/mol. The highest BCUT2D eigenvalue weighted by Gasteiger charge is 2.44. The number of nitrogens with zero attached hydrogens (tertiary/aromatic N) is 1. The molecule has 1 aromatic heterocycles. The first-order chi connectivity index (χ1) is 11.6. The van der Waals surface area contributed by atoms with Gasteiger partial charge in [-0.3, -0.25) is 19.7 Å². The second-order valence-electron chi connectivity index (χ2n) is 6.17. The van der Waals surface area contributed by atoms with E-state index in [1.54, 1.807) is 35.6 Å². The van der Waals surface area contributed by atoms with Crippen LogP contribution in [0.25, 0.3) is 11.1 Å². The first-order valence-corrected chi connectivity index (χ1v) is 7.92. The number of nitrogens with one attached hydrogen (secondary N) is 1. The van der Waals surface area contributed by atoms with Gasteiger partial charge in [0, 0.05) is 17.2 Å². The summed E-state index contributed by atoms with van der Waals surface area (Å²) in [5, 5.41) is 2.29. The van der Waals surface area contributed by atoms with E-state index in [2.05, 4.69) is 5.32 Å². The number of benzene rings is 1. The quantitative estimate of drug-likeness (QED) is 0.872. The van der Waals surface area contributed by atoms with E-state index in [0.29, 0.717) is 5.56 Å². The van der Waals surface area contributed by atoms with Crippen LogP contribution in [0.5, 0.6) is 0 Å². The molecule has 2 fully saturated rings. The predicted molar refractivity (Wildman–Crippen MR) is 84.9 cm³/mol. The van der Waals surface area contributed by atoms with E-state index in [1.165, 1.54) is 0 Å². The molecule has 1 N–H and O–H groups in total. The molecule has 6 heteroatoms. The van der Waals surface area contributed by atoms with Crippen LogP contribution in [-0.4, -0.2) is 34.7 Å². The third-order valence-electron chi connectivity index (χ3n) is 4.42. The first-order valence-electron chi connectivity index (χ1n) is 7.92. The highest BCUT2D eigenvalue weighted by atomic mass is 16.3. The van der Waals surface area contributed by atoms with Crippen molar-refractivity contribution in [3.05, 3.63) is 48.4 Å². The average Bonchev–Trinajstić information content (AvgIpc) is 3.14. The van der Waals surface area contributed by atoms with E-state index in [4.69, 9.17) is 4.42 Å². The zero-order chi connectivity index (χ0) is 16.7. The molecule has 4 rings (SSSR count). The van der Waals surface area contributed by atoms with Gasteiger partial charge in [0.25, 0.3) is 5.91 Å². The summed E-state index contributed by atoms with van der Waals surface area (Å²) in [5.41, 5.74) is 2.27. The summed E-state index contributed by atoms with van der Waals surface area (Å²) >= 11 is 0. The van der Waals surface area contributed by atoms with Crippen LogP contribution in [0.15, 0.2) is 47.3 Å². The second-order valence-corrected chi connectivity index (χ2v) is 6.17. The molecule has 6 nitrogen and oxygen atoms in total. The molecule has 122 valence electrons. The Morgan fingerprint density at radius 3 is 2.62 bits per heavy atom. The molecule has 24 heavy (non-hydrogen) atoms. The fourth-order valence-corrected chi connectivity index (χ4v) is 3.09. The molecule has 1 atom stereocenters. The van der Waals surface area contributed by atoms with Crippen LogP contribution in [0, 0.1) is 0 Å². The van der Waals surface area contributed by atoms with Gasteiger partial charge in [-0.05, 0) is 36.6 Å². The topological polar surface area (TPSA) is 79.6 Å². The summed E-state index contributed by atoms with van der Waals surface area (Å²) in [6.07, 6.45) is 4.97. The summed E-state index contributed by atoms with van der Waals surface area (Å²) in [4.78, 5) is 38.1. The van der Waals surface area contributed by atoms with Gasteiger partial charge in [-0.15, -0.1) is 0 Å². The van der Waals surface area contributed by atoms with Crippen molar-refractivity contribution in [2.75, 3.05) is 0 Å². The van der Waals surface area contributed by atoms with Crippen molar-refractivity contribution < 1.29 is 18.8 Å². The van der Waals surface area contributed by atoms with Crippen molar-refractivity contribution in [1.29, 1.82) is 0 Å². The molecule has 0 radical (unpaired) electrons. The summed E-state index contributed by atoms with van der Waals surface area (Å²) in [6.45, 7) is 0. The van der Waals surface area contributed by atoms with E-state index in [0.717, 1.165) is 24.0 Å². The zero-order valence-electron chi connectivity index (χ0n) is 12.9. The van der Waals surface area contributed by atoms with Crippen LogP contribution < -0.4 is 5.32 Å². The highest BCUT2D eigenvalue weighted by molar-refractivity contribution is 6.08. The Morgan fingerprint density at radius 2 is 2.00 bits per heavy atom. The van der Waals surface area contributed by atoms with Gasteiger partial charge < -0.3 is 9.32 Å². The van der Waals surface area contributed by atoms with Crippen LogP contribution >= 0.6 is 0 Å². The number of carbonyl (C=O) groups is 3. The minimum absolute atomic E-state index is 0.0386. The number of carbonyl (C=O) groups excluding carboxylic acids is 3. The lowest BCUT2D eigenvalue weighted by molar-refractivity contribution is -0.126. The molecule has 2 heterocycles. The van der Waals surface area contributed by atoms with Gasteiger partial charge in [0.1, 0.15) is 6.04 Å². The highest BCUT2D eigenvalue weighted by Crippen LogP contribution is 2.33. The number of rotatable bonds is 4. The van der Waals surface area contributed by atoms with Crippen LogP contribution in [0.4, 0.5) is 0 Å². The monoisotopic (exact) mass is 324 g/mol. The minimum Gasteiger partial charge on any atom is -0.472 e. The Bertz CT molecular complexity index is 808. The van der Waals surface area contributed by atoms with E-state index in [1.807, 2.05) is 12.1 Å². The van der Waals surface area contributed by atoms with Crippen molar-refractivity contribution in [2.24, 2.45) is 0 Å². The maximum absolute atomic E-state index is 13.0. The van der Waals surface area contributed by atoms with Gasteiger partial charge in [-0.1, -0.05) is 12.1 Å². The van der Waals surface area contributed by atoms with Gasteiger partial charge in [0.05, 0.1) is 18.9 Å². The van der Waals surface area contributed by atoms with Gasteiger partial charge >= 0.3 is 0 Å². The number of amides is 3. The Hall–Kier alpha value is -2.89. The number of furan rings is 1. The molecule has 2 aliphatic rings. The summed E-state index contributed by atoms with van der Waals surface area (Å²) < 4.78 is 5.09. The summed E-state index contributed by atoms with van der Waals surface area (Å²) in [6, 6.07) is 8.39. The molecule has 1 unspecified atom stereocenters. The summed E-state index contributed by atoms with van der Waals surface area (Å²) in [5.74, 6) is -0.917. The molecule has 2 aromatic rings. The molecular weight excluding hydrogens is 308 g/mol. The second kappa shape index (κ2) is 5.63. The Balaban J connectivity index is 1.65. The maximum atomic E-state index is 13.0. The fraction of sp³-hybridized carbons (Fsp3) is 0.278. The van der Waals surface area contributed by atoms with Crippen molar-refractivity contribution in [1.82, 2.24) is 10.2 Å². The van der Waals surface area contributed by atoms with E-state index < -0.39 is 6.04 Å². The van der Waals surface area contributed by atoms with Crippen LogP contribution in [-0.2, 0) is 9.59 Å². The van der Waals surface area contributed by atoms with E-state index in [-0.39, 0.29) is 30.2 Å². The number of hydrogen-bond donors (Lipinski definition) is 1. The fourth-order valence-electron chi connectivity index (χ4n) is 3.09. The van der Waals surface area contributed by atoms with Gasteiger partial charge in [-0.25, -0.2) is 0 Å². The molecule has 1 aliphatic heterocycles. The molecule has 1 aliphatic carbocycles. The third-order valence-corrected chi connectivity index (χ3v) is 4.42. The standard InChI is InChI=1S/C18H16N2O4/c21-16-9-15(17(22)19-16)20(14-4-5-14)18(23)12-3-1-2-11(8-12)13-6-7-24-10-13/h1-3,6-8,10,14-15H,4-5,9H2,(H,19,21,22). The molecule has 0 spiro atoms. The zero-order valence-corrected chi connectivity index (χ0v) is 12.9. The minimum atomic E-state index is -0.699. The van der Waals surface area contributed by atoms with Crippen molar-refractivity contribution in [3.8, 4) is 11.1 Å². The molecule has 1 saturated carbocycles. The first kappa shape index (κ1) is 14.7. The van der Waals surface area contributed by atoms with E-state index >= 15 is 0 Å². The molecular formula is C18H16N2O4. The smallest absolute Gasteiger partial charge is 0.254 e. The van der Waals surface area contributed by atoms with Crippen molar-refractivity contribution in [2.45, 2.75) is 31.3 Å². The predicted octanol–water partition coefficient (Wildman–Crippen LogP) is 1.97. The molecule has 3 amide bonds. The lowest BCUT2D eigenvalue weighted by Crippen LogP contribution is -2.45. The molecule has 1 aromatic carbocycles. The number of hydrogen-bond acceptors (Lipinski definition) is 4. The number of imide groups is 1.